The zero-order chi connectivity index (χ0) is 12.3. The summed E-state index contributed by atoms with van der Waals surface area (Å²) in [5.74, 6) is -0.0770. The number of likely N-dealkylation sites (N-methyl/N-ethyl adjacent to an activating group) is 1. The van der Waals surface area contributed by atoms with E-state index in [1.807, 2.05) is 6.92 Å². The highest BCUT2D eigenvalue weighted by Gasteiger charge is 2.38. The summed E-state index contributed by atoms with van der Waals surface area (Å²) in [6.07, 6.45) is 3.46. The fraction of sp³-hybridized carbons (Fsp3) is 0.636. The number of aromatic nitrogens is 2. The number of ether oxygens (including phenoxy) is 1. The van der Waals surface area contributed by atoms with E-state index in [-0.39, 0.29) is 5.91 Å². The molecule has 17 heavy (non-hydrogen) atoms. The van der Waals surface area contributed by atoms with Crippen LogP contribution in [0.25, 0.3) is 0 Å². The molecule has 0 aliphatic carbocycles. The molecule has 0 saturated carbocycles. The van der Waals surface area contributed by atoms with Crippen LogP contribution in [-0.2, 0) is 16.1 Å². The molecule has 0 spiro atoms. The number of aromatic amines is 1. The molecule has 0 radical (unpaired) electrons. The van der Waals surface area contributed by atoms with Crippen LogP contribution in [0.1, 0.15) is 12.6 Å². The van der Waals surface area contributed by atoms with Gasteiger partial charge in [-0.05, 0) is 6.92 Å². The summed E-state index contributed by atoms with van der Waals surface area (Å²) in [4.78, 5) is 21.0. The first-order valence-electron chi connectivity index (χ1n) is 5.70. The van der Waals surface area contributed by atoms with Crippen LogP contribution in [0.2, 0.25) is 0 Å². The van der Waals surface area contributed by atoms with E-state index in [0.717, 1.165) is 18.8 Å². The Morgan fingerprint density at radius 1 is 1.76 bits per heavy atom. The van der Waals surface area contributed by atoms with Crippen LogP contribution < -0.4 is 5.32 Å². The maximum Gasteiger partial charge on any atom is 0.253 e. The molecule has 1 atom stereocenters. The van der Waals surface area contributed by atoms with E-state index in [2.05, 4.69) is 20.2 Å². The van der Waals surface area contributed by atoms with Gasteiger partial charge in [-0.3, -0.25) is 9.69 Å². The molecule has 0 bridgehead atoms. The molecule has 2 heterocycles. The molecular weight excluding hydrogens is 220 g/mol. The lowest BCUT2D eigenvalue weighted by Gasteiger charge is -2.38. The number of carbonyl (C=O) groups is 1. The first kappa shape index (κ1) is 12.1. The van der Waals surface area contributed by atoms with Crippen molar-refractivity contribution in [1.29, 1.82) is 0 Å². The highest BCUT2D eigenvalue weighted by atomic mass is 16.5. The van der Waals surface area contributed by atoms with E-state index in [0.29, 0.717) is 13.2 Å². The van der Waals surface area contributed by atoms with Crippen molar-refractivity contribution in [3.63, 3.8) is 0 Å². The van der Waals surface area contributed by atoms with Crippen molar-refractivity contribution in [3.05, 3.63) is 18.2 Å². The predicted molar refractivity (Wildman–Crippen MR) is 62.3 cm³/mol. The Morgan fingerprint density at radius 2 is 2.59 bits per heavy atom. The van der Waals surface area contributed by atoms with Crippen molar-refractivity contribution in [1.82, 2.24) is 20.2 Å². The summed E-state index contributed by atoms with van der Waals surface area (Å²) in [6.45, 7) is 4.57. The highest BCUT2D eigenvalue weighted by Crippen LogP contribution is 2.19. The minimum atomic E-state index is -0.757. The molecule has 6 heteroatoms. The van der Waals surface area contributed by atoms with Crippen molar-refractivity contribution in [2.24, 2.45) is 0 Å². The van der Waals surface area contributed by atoms with E-state index >= 15 is 0 Å². The van der Waals surface area contributed by atoms with E-state index in [4.69, 9.17) is 4.74 Å². The molecule has 2 rings (SSSR count). The normalized spacial score (nSPS) is 25.8. The Kier molecular flexibility index (Phi) is 3.44. The largest absolute Gasteiger partial charge is 0.363 e. The summed E-state index contributed by atoms with van der Waals surface area (Å²) in [7, 11) is 1.63. The van der Waals surface area contributed by atoms with Crippen LogP contribution >= 0.6 is 0 Å². The minimum absolute atomic E-state index is 0.0770. The average molecular weight is 238 g/mol. The van der Waals surface area contributed by atoms with Crippen molar-refractivity contribution < 1.29 is 9.53 Å². The molecule has 2 N–H and O–H groups in total. The van der Waals surface area contributed by atoms with Gasteiger partial charge in [0.1, 0.15) is 0 Å². The number of hydrogen-bond acceptors (Lipinski definition) is 4. The molecule has 1 aromatic rings. The second-order valence-electron chi connectivity index (χ2n) is 4.45. The first-order chi connectivity index (χ1) is 8.14. The predicted octanol–water partition coefficient (Wildman–Crippen LogP) is -0.253. The van der Waals surface area contributed by atoms with Crippen LogP contribution in [0.5, 0.6) is 0 Å². The lowest BCUT2D eigenvalue weighted by Crippen LogP contribution is -2.57. The van der Waals surface area contributed by atoms with Crippen LogP contribution in [0.4, 0.5) is 0 Å². The Balaban J connectivity index is 1.99. The molecule has 1 fully saturated rings. The number of H-pyrrole nitrogens is 1. The van der Waals surface area contributed by atoms with Crippen molar-refractivity contribution >= 4 is 5.91 Å². The van der Waals surface area contributed by atoms with Gasteiger partial charge in [-0.15, -0.1) is 0 Å². The summed E-state index contributed by atoms with van der Waals surface area (Å²) < 4.78 is 5.59. The molecule has 94 valence electrons. The Hall–Kier alpha value is -1.40. The van der Waals surface area contributed by atoms with Crippen LogP contribution in [0.3, 0.4) is 0 Å². The van der Waals surface area contributed by atoms with Gasteiger partial charge in [0.15, 0.2) is 5.60 Å². The minimum Gasteiger partial charge on any atom is -0.363 e. The molecule has 1 amide bonds. The highest BCUT2D eigenvalue weighted by molar-refractivity contribution is 5.84. The number of rotatable bonds is 3. The molecule has 0 aromatic carbocycles. The smallest absolute Gasteiger partial charge is 0.253 e. The van der Waals surface area contributed by atoms with Crippen molar-refractivity contribution in [2.75, 3.05) is 26.7 Å². The van der Waals surface area contributed by atoms with Gasteiger partial charge in [0.2, 0.25) is 0 Å². The van der Waals surface area contributed by atoms with E-state index in [1.54, 1.807) is 19.6 Å². The number of imidazole rings is 1. The quantitative estimate of drug-likeness (QED) is 0.761. The van der Waals surface area contributed by atoms with E-state index in [1.165, 1.54) is 0 Å². The lowest BCUT2D eigenvalue weighted by atomic mass is 10.0. The second kappa shape index (κ2) is 4.85. The monoisotopic (exact) mass is 238 g/mol. The van der Waals surface area contributed by atoms with Gasteiger partial charge in [-0.1, -0.05) is 0 Å². The maximum atomic E-state index is 11.8. The van der Waals surface area contributed by atoms with Crippen molar-refractivity contribution in [3.8, 4) is 0 Å². The molecule has 1 unspecified atom stereocenters. The van der Waals surface area contributed by atoms with E-state index in [9.17, 15) is 4.79 Å². The molecule has 1 aromatic heterocycles. The van der Waals surface area contributed by atoms with Gasteiger partial charge >= 0.3 is 0 Å². The number of amides is 1. The molecule has 1 aliphatic rings. The lowest BCUT2D eigenvalue weighted by molar-refractivity contribution is -0.156. The second-order valence-corrected chi connectivity index (χ2v) is 4.45. The standard InChI is InChI=1S/C11H18N4O2/c1-11(10(16)12-2)7-15(3-4-17-11)6-9-5-13-8-14-9/h5,8H,3-4,6-7H2,1-2H3,(H,12,16)(H,13,14). The van der Waals surface area contributed by atoms with Crippen LogP contribution in [0.15, 0.2) is 12.5 Å². The van der Waals surface area contributed by atoms with Crippen LogP contribution in [-0.4, -0.2) is 53.1 Å². The van der Waals surface area contributed by atoms with Gasteiger partial charge in [0, 0.05) is 38.6 Å². The van der Waals surface area contributed by atoms with Crippen molar-refractivity contribution in [2.45, 2.75) is 19.1 Å². The fourth-order valence-electron chi connectivity index (χ4n) is 2.10. The molecule has 6 nitrogen and oxygen atoms in total. The zero-order valence-electron chi connectivity index (χ0n) is 10.2. The first-order valence-corrected chi connectivity index (χ1v) is 5.70. The van der Waals surface area contributed by atoms with Gasteiger partial charge in [0.25, 0.3) is 5.91 Å². The van der Waals surface area contributed by atoms with Gasteiger partial charge < -0.3 is 15.0 Å². The maximum absolute atomic E-state index is 11.8. The van der Waals surface area contributed by atoms with Gasteiger partial charge in [-0.2, -0.15) is 0 Å². The van der Waals surface area contributed by atoms with Crippen LogP contribution in [0, 0.1) is 0 Å². The Bertz CT molecular complexity index is 379. The number of hydrogen-bond donors (Lipinski definition) is 2. The molecule has 1 saturated heterocycles. The third-order valence-electron chi connectivity index (χ3n) is 3.01. The van der Waals surface area contributed by atoms with Gasteiger partial charge in [0.05, 0.1) is 12.9 Å². The average Bonchev–Trinajstić information content (AvgIpc) is 2.81. The number of nitrogens with zero attached hydrogens (tertiary/aromatic N) is 2. The topological polar surface area (TPSA) is 70.2 Å². The number of nitrogens with one attached hydrogen (secondary N) is 2. The number of carbonyl (C=O) groups excluding carboxylic acids is 1. The molecular formula is C11H18N4O2. The summed E-state index contributed by atoms with van der Waals surface area (Å²) in [5.41, 5.74) is 0.290. The van der Waals surface area contributed by atoms with Gasteiger partial charge in [-0.25, -0.2) is 4.98 Å². The SMILES string of the molecule is CNC(=O)C1(C)CN(Cc2cnc[nH]2)CCO1. The Morgan fingerprint density at radius 3 is 3.24 bits per heavy atom. The van der Waals surface area contributed by atoms with E-state index < -0.39 is 5.60 Å². The third kappa shape index (κ3) is 2.65. The summed E-state index contributed by atoms with van der Waals surface area (Å²) >= 11 is 0. The summed E-state index contributed by atoms with van der Waals surface area (Å²) in [6, 6.07) is 0. The Labute approximate surface area is 100 Å². The number of morpholine rings is 1. The third-order valence-corrected chi connectivity index (χ3v) is 3.01. The molecule has 1 aliphatic heterocycles. The summed E-state index contributed by atoms with van der Waals surface area (Å²) in [5, 5.41) is 2.64. The zero-order valence-corrected chi connectivity index (χ0v) is 10.2. The fourth-order valence-corrected chi connectivity index (χ4v) is 2.10.